The van der Waals surface area contributed by atoms with E-state index < -0.39 is 4.92 Å². The zero-order chi connectivity index (χ0) is 16.3. The van der Waals surface area contributed by atoms with Crippen LogP contribution in [0.5, 0.6) is 0 Å². The van der Waals surface area contributed by atoms with Crippen LogP contribution in [0.4, 0.5) is 11.4 Å². The summed E-state index contributed by atoms with van der Waals surface area (Å²) in [4.78, 5) is 10.2. The molecule has 0 aliphatic rings. The summed E-state index contributed by atoms with van der Waals surface area (Å²) in [5.74, 6) is 0. The molecule has 116 valence electrons. The minimum Gasteiger partial charge on any atom is -0.358 e. The van der Waals surface area contributed by atoms with Crippen LogP contribution in [0.1, 0.15) is 41.0 Å². The average molecular weight is 309 g/mol. The first-order chi connectivity index (χ1) is 9.48. The first kappa shape index (κ1) is 17.4. The van der Waals surface area contributed by atoms with Crippen molar-refractivity contribution in [1.29, 1.82) is 0 Å². The Morgan fingerprint density at radius 2 is 1.71 bits per heavy atom. The Morgan fingerprint density at radius 1 is 1.19 bits per heavy atom. The lowest BCUT2D eigenvalue weighted by Crippen LogP contribution is -2.47. The van der Waals surface area contributed by atoms with Crippen LogP contribution in [0, 0.1) is 15.5 Å². The van der Waals surface area contributed by atoms with Gasteiger partial charge in [-0.2, -0.15) is 0 Å². The predicted molar refractivity (Wildman–Crippen MR) is 90.6 cm³/mol. The molecule has 0 saturated heterocycles. The zero-order valence-electron chi connectivity index (χ0n) is 13.2. The molecule has 0 unspecified atom stereocenters. The van der Waals surface area contributed by atoms with Gasteiger partial charge in [0.2, 0.25) is 0 Å². The first-order valence-electron chi connectivity index (χ1n) is 6.82. The highest BCUT2D eigenvalue weighted by atomic mass is 32.1. The molecule has 0 heterocycles. The van der Waals surface area contributed by atoms with Crippen molar-refractivity contribution in [3.05, 3.63) is 34.4 Å². The van der Waals surface area contributed by atoms with Crippen LogP contribution in [0.2, 0.25) is 0 Å². The van der Waals surface area contributed by atoms with E-state index >= 15 is 0 Å². The van der Waals surface area contributed by atoms with Crippen molar-refractivity contribution in [2.45, 2.75) is 46.6 Å². The molecule has 1 rings (SSSR count). The van der Waals surface area contributed by atoms with E-state index in [0.29, 0.717) is 5.11 Å². The highest BCUT2D eigenvalue weighted by Gasteiger charge is 2.25. The van der Waals surface area contributed by atoms with E-state index in [4.69, 9.17) is 12.2 Å². The Balaban J connectivity index is 2.63. The maximum atomic E-state index is 10.6. The number of nitro benzene ring substituents is 1. The second-order valence-corrected chi connectivity index (χ2v) is 7.41. The van der Waals surface area contributed by atoms with Gasteiger partial charge in [-0.3, -0.25) is 10.1 Å². The van der Waals surface area contributed by atoms with Crippen LogP contribution in [-0.4, -0.2) is 15.6 Å². The molecule has 0 aliphatic carbocycles. The molecular formula is C15H23N3O2S. The van der Waals surface area contributed by atoms with Crippen LogP contribution in [0.25, 0.3) is 0 Å². The molecule has 2 N–H and O–H groups in total. The molecule has 0 radical (unpaired) electrons. The van der Waals surface area contributed by atoms with Gasteiger partial charge in [-0.15, -0.1) is 0 Å². The molecule has 5 nitrogen and oxygen atoms in total. The molecule has 1 aromatic rings. The largest absolute Gasteiger partial charge is 0.358 e. The van der Waals surface area contributed by atoms with Crippen LogP contribution < -0.4 is 10.6 Å². The van der Waals surface area contributed by atoms with Gasteiger partial charge in [0.15, 0.2) is 5.11 Å². The van der Waals surface area contributed by atoms with Gasteiger partial charge in [0.1, 0.15) is 0 Å². The van der Waals surface area contributed by atoms with Crippen molar-refractivity contribution in [2.75, 3.05) is 5.32 Å². The molecule has 0 aliphatic heterocycles. The van der Waals surface area contributed by atoms with E-state index in [1.54, 1.807) is 12.1 Å². The van der Waals surface area contributed by atoms with Gasteiger partial charge in [0, 0.05) is 23.4 Å². The number of hydrogen-bond acceptors (Lipinski definition) is 3. The number of thiocarbonyl (C=S) groups is 1. The molecule has 21 heavy (non-hydrogen) atoms. The van der Waals surface area contributed by atoms with E-state index in [2.05, 4.69) is 45.3 Å². The summed E-state index contributed by atoms with van der Waals surface area (Å²) in [6.45, 7) is 10.7. The summed E-state index contributed by atoms with van der Waals surface area (Å²) < 4.78 is 0. The molecule has 0 spiro atoms. The SMILES string of the molecule is CC(C)(C)CC(C)(C)NC(=S)Nc1ccc([N+](=O)[O-])cc1. The van der Waals surface area contributed by atoms with Crippen molar-refractivity contribution in [2.24, 2.45) is 5.41 Å². The van der Waals surface area contributed by atoms with Crippen molar-refractivity contribution in [3.63, 3.8) is 0 Å². The van der Waals surface area contributed by atoms with Crippen LogP contribution >= 0.6 is 12.2 Å². The minimum absolute atomic E-state index is 0.0625. The van der Waals surface area contributed by atoms with Crippen LogP contribution in [0.3, 0.4) is 0 Å². The van der Waals surface area contributed by atoms with Crippen LogP contribution in [0.15, 0.2) is 24.3 Å². The van der Waals surface area contributed by atoms with Gasteiger partial charge >= 0.3 is 0 Å². The number of benzene rings is 1. The smallest absolute Gasteiger partial charge is 0.269 e. The van der Waals surface area contributed by atoms with Crippen LogP contribution in [-0.2, 0) is 0 Å². The molecule has 0 atom stereocenters. The van der Waals surface area contributed by atoms with E-state index in [-0.39, 0.29) is 16.6 Å². The lowest BCUT2D eigenvalue weighted by molar-refractivity contribution is -0.384. The lowest BCUT2D eigenvalue weighted by atomic mass is 9.82. The van der Waals surface area contributed by atoms with Gasteiger partial charge < -0.3 is 10.6 Å². The highest BCUT2D eigenvalue weighted by Crippen LogP contribution is 2.26. The van der Waals surface area contributed by atoms with Gasteiger partial charge in [-0.25, -0.2) is 0 Å². The summed E-state index contributed by atoms with van der Waals surface area (Å²) in [5.41, 5.74) is 0.847. The standard InChI is InChI=1S/C15H23N3O2S/c1-14(2,3)10-15(4,5)17-13(21)16-11-6-8-12(9-7-11)18(19)20/h6-9H,10H2,1-5H3,(H2,16,17,21). The topological polar surface area (TPSA) is 67.2 Å². The number of non-ortho nitro benzene ring substituents is 1. The average Bonchev–Trinajstić information content (AvgIpc) is 2.24. The number of rotatable bonds is 4. The molecule has 0 aromatic heterocycles. The Kier molecular flexibility index (Phi) is 5.28. The third kappa shape index (κ3) is 6.53. The third-order valence-electron chi connectivity index (χ3n) is 2.76. The Morgan fingerprint density at radius 3 is 2.14 bits per heavy atom. The number of nitrogens with zero attached hydrogens (tertiary/aromatic N) is 1. The van der Waals surface area contributed by atoms with Gasteiger partial charge in [-0.05, 0) is 50.0 Å². The number of anilines is 1. The van der Waals surface area contributed by atoms with E-state index in [1.807, 2.05) is 0 Å². The van der Waals surface area contributed by atoms with Crippen molar-refractivity contribution in [1.82, 2.24) is 5.32 Å². The number of nitro groups is 1. The van der Waals surface area contributed by atoms with Crippen molar-refractivity contribution >= 4 is 28.7 Å². The van der Waals surface area contributed by atoms with Crippen molar-refractivity contribution in [3.8, 4) is 0 Å². The van der Waals surface area contributed by atoms with Gasteiger partial charge in [0.05, 0.1) is 4.92 Å². The summed E-state index contributed by atoms with van der Waals surface area (Å²) in [6, 6.07) is 6.18. The Labute approximate surface area is 131 Å². The summed E-state index contributed by atoms with van der Waals surface area (Å²) in [5, 5.41) is 17.4. The Bertz CT molecular complexity index is 519. The number of nitrogens with one attached hydrogen (secondary N) is 2. The molecule has 0 amide bonds. The van der Waals surface area contributed by atoms with Gasteiger partial charge in [-0.1, -0.05) is 20.8 Å². The maximum absolute atomic E-state index is 10.6. The molecule has 0 saturated carbocycles. The number of hydrogen-bond donors (Lipinski definition) is 2. The minimum atomic E-state index is -0.424. The maximum Gasteiger partial charge on any atom is 0.269 e. The quantitative estimate of drug-likeness (QED) is 0.498. The Hall–Kier alpha value is -1.69. The second-order valence-electron chi connectivity index (χ2n) is 7.00. The van der Waals surface area contributed by atoms with E-state index in [1.165, 1.54) is 12.1 Å². The molecule has 6 heteroatoms. The van der Waals surface area contributed by atoms with Gasteiger partial charge in [0.25, 0.3) is 5.69 Å². The fraction of sp³-hybridized carbons (Fsp3) is 0.533. The first-order valence-corrected chi connectivity index (χ1v) is 7.23. The molecule has 0 bridgehead atoms. The van der Waals surface area contributed by atoms with E-state index in [9.17, 15) is 10.1 Å². The highest BCUT2D eigenvalue weighted by molar-refractivity contribution is 7.80. The molecule has 1 aromatic carbocycles. The van der Waals surface area contributed by atoms with Crippen molar-refractivity contribution < 1.29 is 4.92 Å². The molecular weight excluding hydrogens is 286 g/mol. The summed E-state index contributed by atoms with van der Waals surface area (Å²) in [6.07, 6.45) is 0.960. The normalized spacial score (nSPS) is 11.9. The monoisotopic (exact) mass is 309 g/mol. The third-order valence-corrected chi connectivity index (χ3v) is 2.96. The fourth-order valence-corrected chi connectivity index (χ4v) is 2.90. The van der Waals surface area contributed by atoms with E-state index in [0.717, 1.165) is 12.1 Å². The lowest BCUT2D eigenvalue weighted by Gasteiger charge is -2.34. The summed E-state index contributed by atoms with van der Waals surface area (Å²) >= 11 is 5.30. The predicted octanol–water partition coefficient (Wildman–Crippen LogP) is 4.10. The fourth-order valence-electron chi connectivity index (χ4n) is 2.51. The summed E-state index contributed by atoms with van der Waals surface area (Å²) in [7, 11) is 0. The zero-order valence-corrected chi connectivity index (χ0v) is 14.0. The molecule has 0 fully saturated rings. The second kappa shape index (κ2) is 6.39.